The van der Waals surface area contributed by atoms with Crippen LogP contribution in [0.3, 0.4) is 0 Å². The number of fused-ring (bicyclic) bond motifs is 1. The van der Waals surface area contributed by atoms with Gasteiger partial charge in [-0.1, -0.05) is 18.2 Å². The van der Waals surface area contributed by atoms with E-state index in [9.17, 15) is 13.2 Å². The minimum absolute atomic E-state index is 0.255. The zero-order valence-electron chi connectivity index (χ0n) is 8.84. The van der Waals surface area contributed by atoms with E-state index in [0.29, 0.717) is 15.8 Å². The Bertz CT molecular complexity index is 572. The average molecular weight is 254 g/mol. The molecule has 4 heteroatoms. The van der Waals surface area contributed by atoms with Crippen LogP contribution in [0, 0.1) is 12.3 Å². The van der Waals surface area contributed by atoms with Gasteiger partial charge in [0.2, 0.25) is 0 Å². The fraction of sp³-hybridized carbons (Fsp3) is 0.231. The Hall–Kier alpha value is -1.47. The lowest BCUT2D eigenvalue weighted by atomic mass is 10.1. The van der Waals surface area contributed by atoms with E-state index in [1.807, 2.05) is 12.1 Å². The number of hydrogen-bond acceptors (Lipinski definition) is 1. The Morgan fingerprint density at radius 1 is 1.24 bits per heavy atom. The van der Waals surface area contributed by atoms with Crippen molar-refractivity contribution in [3.63, 3.8) is 0 Å². The van der Waals surface area contributed by atoms with Crippen LogP contribution in [0.25, 0.3) is 10.1 Å². The number of halogens is 3. The van der Waals surface area contributed by atoms with Gasteiger partial charge in [0, 0.05) is 16.0 Å². The quantitative estimate of drug-likeness (QED) is 0.705. The van der Waals surface area contributed by atoms with Crippen molar-refractivity contribution in [3.05, 3.63) is 34.7 Å². The summed E-state index contributed by atoms with van der Waals surface area (Å²) in [6.45, 7) is 0. The van der Waals surface area contributed by atoms with Crippen molar-refractivity contribution in [2.75, 3.05) is 0 Å². The molecule has 0 radical (unpaired) electrons. The standard InChI is InChI=1S/C13H9F3S/c1-2-5-11-10(8-13(14,15)16)9-6-3-4-7-12(9)17-11/h1,3-4,6-7H,5,8H2. The Balaban J connectivity index is 2.56. The molecule has 0 fully saturated rings. The van der Waals surface area contributed by atoms with E-state index in [2.05, 4.69) is 5.92 Å². The summed E-state index contributed by atoms with van der Waals surface area (Å²) >= 11 is 1.35. The summed E-state index contributed by atoms with van der Waals surface area (Å²) < 4.78 is 38.4. The SMILES string of the molecule is C#CCc1sc2ccccc2c1CC(F)(F)F. The molecule has 0 amide bonds. The minimum Gasteiger partial charge on any atom is -0.171 e. The molecule has 0 bridgehead atoms. The Morgan fingerprint density at radius 3 is 2.59 bits per heavy atom. The van der Waals surface area contributed by atoms with Gasteiger partial charge in [0.25, 0.3) is 0 Å². The van der Waals surface area contributed by atoms with Crippen molar-refractivity contribution < 1.29 is 13.2 Å². The summed E-state index contributed by atoms with van der Waals surface area (Å²) in [7, 11) is 0. The summed E-state index contributed by atoms with van der Waals surface area (Å²) in [5.41, 5.74) is 0.330. The molecule has 2 aromatic rings. The van der Waals surface area contributed by atoms with Gasteiger partial charge in [-0.25, -0.2) is 0 Å². The summed E-state index contributed by atoms with van der Waals surface area (Å²) in [5, 5.41) is 0.667. The van der Waals surface area contributed by atoms with Crippen molar-refractivity contribution in [2.45, 2.75) is 19.0 Å². The molecule has 0 nitrogen and oxygen atoms in total. The van der Waals surface area contributed by atoms with E-state index < -0.39 is 12.6 Å². The molecule has 1 aromatic heterocycles. The fourth-order valence-electron chi connectivity index (χ4n) is 1.78. The molecule has 0 spiro atoms. The molecule has 0 aliphatic carbocycles. The van der Waals surface area contributed by atoms with E-state index >= 15 is 0 Å². The summed E-state index contributed by atoms with van der Waals surface area (Å²) in [4.78, 5) is 0.644. The maximum absolute atomic E-state index is 12.5. The second-order valence-electron chi connectivity index (χ2n) is 3.67. The van der Waals surface area contributed by atoms with Gasteiger partial charge in [-0.05, 0) is 17.0 Å². The van der Waals surface area contributed by atoms with Crippen molar-refractivity contribution in [1.29, 1.82) is 0 Å². The smallest absolute Gasteiger partial charge is 0.171 e. The molecule has 0 N–H and O–H groups in total. The van der Waals surface area contributed by atoms with Gasteiger partial charge in [0.1, 0.15) is 0 Å². The van der Waals surface area contributed by atoms with Gasteiger partial charge in [-0.3, -0.25) is 0 Å². The molecule has 0 atom stereocenters. The van der Waals surface area contributed by atoms with Gasteiger partial charge >= 0.3 is 6.18 Å². The second kappa shape index (κ2) is 4.42. The third-order valence-electron chi connectivity index (χ3n) is 2.42. The predicted molar refractivity (Wildman–Crippen MR) is 64.1 cm³/mol. The van der Waals surface area contributed by atoms with E-state index in [1.165, 1.54) is 11.3 Å². The second-order valence-corrected chi connectivity index (χ2v) is 4.81. The van der Waals surface area contributed by atoms with Crippen molar-refractivity contribution >= 4 is 21.4 Å². The number of alkyl halides is 3. The first-order chi connectivity index (χ1) is 8.01. The van der Waals surface area contributed by atoms with Crippen LogP contribution in [-0.4, -0.2) is 6.18 Å². The molecule has 1 aromatic carbocycles. The van der Waals surface area contributed by atoms with Gasteiger partial charge in [-0.2, -0.15) is 13.2 Å². The molecule has 0 saturated heterocycles. The monoisotopic (exact) mass is 254 g/mol. The largest absolute Gasteiger partial charge is 0.393 e. The predicted octanol–water partition coefficient (Wildman–Crippen LogP) is 4.18. The van der Waals surface area contributed by atoms with E-state index in [4.69, 9.17) is 6.42 Å². The van der Waals surface area contributed by atoms with Crippen molar-refractivity contribution in [2.24, 2.45) is 0 Å². The van der Waals surface area contributed by atoms with Gasteiger partial charge in [0.05, 0.1) is 6.42 Å². The Kier molecular flexibility index (Phi) is 3.12. The highest BCUT2D eigenvalue weighted by Gasteiger charge is 2.30. The molecule has 0 aliphatic heterocycles. The fourth-order valence-corrected chi connectivity index (χ4v) is 2.95. The van der Waals surface area contributed by atoms with E-state index in [-0.39, 0.29) is 6.42 Å². The van der Waals surface area contributed by atoms with E-state index in [0.717, 1.165) is 4.70 Å². The molecule has 0 unspecified atom stereocenters. The lowest BCUT2D eigenvalue weighted by molar-refractivity contribution is -0.127. The van der Waals surface area contributed by atoms with Crippen LogP contribution in [0.15, 0.2) is 24.3 Å². The molecule has 88 valence electrons. The highest BCUT2D eigenvalue weighted by atomic mass is 32.1. The topological polar surface area (TPSA) is 0 Å². The minimum atomic E-state index is -4.20. The van der Waals surface area contributed by atoms with E-state index in [1.54, 1.807) is 12.1 Å². The van der Waals surface area contributed by atoms with Crippen LogP contribution in [0.5, 0.6) is 0 Å². The highest BCUT2D eigenvalue weighted by Crippen LogP contribution is 2.35. The molecular weight excluding hydrogens is 245 g/mol. The first kappa shape index (κ1) is 12.0. The number of benzene rings is 1. The summed E-state index contributed by atoms with van der Waals surface area (Å²) in [6, 6.07) is 7.09. The molecule has 17 heavy (non-hydrogen) atoms. The zero-order valence-corrected chi connectivity index (χ0v) is 9.66. The number of thiophene rings is 1. The lowest BCUT2D eigenvalue weighted by Crippen LogP contribution is -2.12. The molecule has 1 heterocycles. The molecular formula is C13H9F3S. The lowest BCUT2D eigenvalue weighted by Gasteiger charge is -2.07. The molecule has 0 saturated carbocycles. The van der Waals surface area contributed by atoms with Crippen molar-refractivity contribution in [3.8, 4) is 12.3 Å². The number of rotatable bonds is 2. The normalized spacial score (nSPS) is 11.6. The number of hydrogen-bond donors (Lipinski definition) is 0. The molecule has 0 aliphatic rings. The Labute approximate surface area is 101 Å². The maximum atomic E-state index is 12.5. The third-order valence-corrected chi connectivity index (χ3v) is 3.63. The van der Waals surface area contributed by atoms with Crippen LogP contribution in [0.1, 0.15) is 10.4 Å². The van der Waals surface area contributed by atoms with Gasteiger partial charge in [0.15, 0.2) is 0 Å². The zero-order chi connectivity index (χ0) is 12.5. The number of terminal acetylenes is 1. The highest BCUT2D eigenvalue weighted by molar-refractivity contribution is 7.19. The first-order valence-electron chi connectivity index (χ1n) is 5.01. The van der Waals surface area contributed by atoms with Gasteiger partial charge < -0.3 is 0 Å². The van der Waals surface area contributed by atoms with Crippen molar-refractivity contribution in [1.82, 2.24) is 0 Å². The van der Waals surface area contributed by atoms with Crippen LogP contribution in [0.4, 0.5) is 13.2 Å². The van der Waals surface area contributed by atoms with Crippen LogP contribution >= 0.6 is 11.3 Å². The van der Waals surface area contributed by atoms with Crippen LogP contribution in [0.2, 0.25) is 0 Å². The van der Waals surface area contributed by atoms with Crippen LogP contribution in [-0.2, 0) is 12.8 Å². The maximum Gasteiger partial charge on any atom is 0.393 e. The summed E-state index contributed by atoms with van der Waals surface area (Å²) in [5.74, 6) is 2.41. The van der Waals surface area contributed by atoms with Gasteiger partial charge in [-0.15, -0.1) is 23.7 Å². The average Bonchev–Trinajstić information content (AvgIpc) is 2.56. The Morgan fingerprint density at radius 2 is 1.94 bits per heavy atom. The van der Waals surface area contributed by atoms with Crippen LogP contribution < -0.4 is 0 Å². The first-order valence-corrected chi connectivity index (χ1v) is 5.82. The third kappa shape index (κ3) is 2.62. The molecule has 2 rings (SSSR count). The summed E-state index contributed by atoms with van der Waals surface area (Å²) in [6.07, 6.45) is 0.335.